The Labute approximate surface area is 77.4 Å². The van der Waals surface area contributed by atoms with Gasteiger partial charge in [-0.2, -0.15) is 0 Å². The number of hydrogen-bond acceptors (Lipinski definition) is 3. The van der Waals surface area contributed by atoms with E-state index in [1.54, 1.807) is 19.2 Å². The number of nitrogens with two attached hydrogens (primary N) is 1. The minimum absolute atomic E-state index is 0.148. The lowest BCUT2D eigenvalue weighted by Crippen LogP contribution is -2.01. The quantitative estimate of drug-likeness (QED) is 0.736. The van der Waals surface area contributed by atoms with Gasteiger partial charge in [0, 0.05) is 18.2 Å². The van der Waals surface area contributed by atoms with Crippen molar-refractivity contribution in [1.29, 1.82) is 0 Å². The summed E-state index contributed by atoms with van der Waals surface area (Å²) in [5.41, 5.74) is 6.78. The summed E-state index contributed by atoms with van der Waals surface area (Å²) in [6, 6.07) is 5.04. The summed E-state index contributed by atoms with van der Waals surface area (Å²) >= 11 is 0. The van der Waals surface area contributed by atoms with E-state index in [0.717, 1.165) is 0 Å². The Bertz CT molecular complexity index is 321. The van der Waals surface area contributed by atoms with Crippen molar-refractivity contribution in [3.8, 4) is 11.5 Å². The van der Waals surface area contributed by atoms with Gasteiger partial charge < -0.3 is 15.6 Å². The highest BCUT2D eigenvalue weighted by Crippen LogP contribution is 2.27. The zero-order valence-electron chi connectivity index (χ0n) is 7.58. The monoisotopic (exact) mass is 179 g/mol. The molecule has 0 aliphatic carbocycles. The predicted molar refractivity (Wildman–Crippen MR) is 52.7 cm³/mol. The van der Waals surface area contributed by atoms with Crippen LogP contribution < -0.4 is 10.5 Å². The van der Waals surface area contributed by atoms with E-state index in [0.29, 0.717) is 23.4 Å². The average molecular weight is 179 g/mol. The molecule has 1 aromatic carbocycles. The normalized spacial score (nSPS) is 9.69. The van der Waals surface area contributed by atoms with Gasteiger partial charge in [0.15, 0.2) is 0 Å². The summed E-state index contributed by atoms with van der Waals surface area (Å²) in [5, 5.41) is 9.53. The maximum atomic E-state index is 9.53. The number of aromatic hydroxyl groups is 1. The Kier molecular flexibility index (Phi) is 2.93. The summed E-state index contributed by atoms with van der Waals surface area (Å²) < 4.78 is 4.94. The smallest absolute Gasteiger partial charge is 0.126 e. The maximum absolute atomic E-state index is 9.53. The standard InChI is InChI=1S/C10H13NO2/c1-7(6-11)9-4-3-8(13-2)5-10(9)12/h3-5,12H,1,6,11H2,2H3. The molecule has 3 heteroatoms. The topological polar surface area (TPSA) is 55.5 Å². The van der Waals surface area contributed by atoms with Crippen molar-refractivity contribution < 1.29 is 9.84 Å². The zero-order chi connectivity index (χ0) is 9.84. The molecule has 0 amide bonds. The van der Waals surface area contributed by atoms with Gasteiger partial charge in [0.2, 0.25) is 0 Å². The van der Waals surface area contributed by atoms with Crippen LogP contribution in [0.2, 0.25) is 0 Å². The lowest BCUT2D eigenvalue weighted by Gasteiger charge is -2.07. The molecule has 3 N–H and O–H groups in total. The molecular formula is C10H13NO2. The molecule has 0 aromatic heterocycles. The van der Waals surface area contributed by atoms with Gasteiger partial charge in [-0.3, -0.25) is 0 Å². The van der Waals surface area contributed by atoms with Gasteiger partial charge in [0.25, 0.3) is 0 Å². The van der Waals surface area contributed by atoms with Gasteiger partial charge in [-0.25, -0.2) is 0 Å². The molecule has 3 nitrogen and oxygen atoms in total. The first-order valence-electron chi connectivity index (χ1n) is 3.94. The van der Waals surface area contributed by atoms with Crippen LogP contribution in [0.5, 0.6) is 11.5 Å². The minimum atomic E-state index is 0.148. The SMILES string of the molecule is C=C(CN)c1ccc(OC)cc1O. The molecule has 0 radical (unpaired) electrons. The Hall–Kier alpha value is -1.48. The first kappa shape index (κ1) is 9.61. The van der Waals surface area contributed by atoms with E-state index < -0.39 is 0 Å². The molecule has 70 valence electrons. The van der Waals surface area contributed by atoms with Gasteiger partial charge in [0.05, 0.1) is 7.11 Å². The van der Waals surface area contributed by atoms with Crippen LogP contribution in [0.4, 0.5) is 0 Å². The number of phenolic OH excluding ortho intramolecular Hbond substituents is 1. The van der Waals surface area contributed by atoms with Crippen LogP contribution in [0.25, 0.3) is 5.57 Å². The van der Waals surface area contributed by atoms with E-state index in [1.807, 2.05) is 0 Å². The number of ether oxygens (including phenoxy) is 1. The van der Waals surface area contributed by atoms with Crippen molar-refractivity contribution in [3.63, 3.8) is 0 Å². The number of phenols is 1. The van der Waals surface area contributed by atoms with E-state index in [-0.39, 0.29) is 5.75 Å². The van der Waals surface area contributed by atoms with Gasteiger partial charge >= 0.3 is 0 Å². The Morgan fingerprint density at radius 1 is 1.62 bits per heavy atom. The van der Waals surface area contributed by atoms with Gasteiger partial charge in [0.1, 0.15) is 11.5 Å². The molecular weight excluding hydrogens is 166 g/mol. The zero-order valence-corrected chi connectivity index (χ0v) is 7.58. The molecule has 0 saturated carbocycles. The fourth-order valence-corrected chi connectivity index (χ4v) is 1.05. The van der Waals surface area contributed by atoms with Crippen LogP contribution in [0, 0.1) is 0 Å². The van der Waals surface area contributed by atoms with Crippen molar-refractivity contribution >= 4 is 5.57 Å². The molecule has 0 atom stereocenters. The summed E-state index contributed by atoms with van der Waals surface area (Å²) in [6.45, 7) is 4.07. The van der Waals surface area contributed by atoms with E-state index >= 15 is 0 Å². The predicted octanol–water partition coefficient (Wildman–Crippen LogP) is 1.37. The number of benzene rings is 1. The summed E-state index contributed by atoms with van der Waals surface area (Å²) in [5.74, 6) is 0.765. The van der Waals surface area contributed by atoms with Crippen molar-refractivity contribution in [3.05, 3.63) is 30.3 Å². The van der Waals surface area contributed by atoms with Crippen LogP contribution in [-0.2, 0) is 0 Å². The Morgan fingerprint density at radius 3 is 2.77 bits per heavy atom. The molecule has 0 spiro atoms. The second-order valence-electron chi connectivity index (χ2n) is 2.69. The minimum Gasteiger partial charge on any atom is -0.507 e. The molecule has 0 heterocycles. The van der Waals surface area contributed by atoms with Crippen LogP contribution in [-0.4, -0.2) is 18.8 Å². The number of hydrogen-bond donors (Lipinski definition) is 2. The van der Waals surface area contributed by atoms with E-state index in [2.05, 4.69) is 6.58 Å². The van der Waals surface area contributed by atoms with Crippen LogP contribution in [0.3, 0.4) is 0 Å². The molecule has 1 rings (SSSR count). The van der Waals surface area contributed by atoms with Crippen molar-refractivity contribution in [2.75, 3.05) is 13.7 Å². The Balaban J connectivity index is 3.05. The third-order valence-electron chi connectivity index (χ3n) is 1.83. The summed E-state index contributed by atoms with van der Waals surface area (Å²) in [4.78, 5) is 0. The van der Waals surface area contributed by atoms with E-state index in [9.17, 15) is 5.11 Å². The number of methoxy groups -OCH3 is 1. The van der Waals surface area contributed by atoms with Crippen molar-refractivity contribution in [2.45, 2.75) is 0 Å². The third-order valence-corrected chi connectivity index (χ3v) is 1.83. The third kappa shape index (κ3) is 2.00. The highest BCUT2D eigenvalue weighted by atomic mass is 16.5. The second kappa shape index (κ2) is 3.96. The van der Waals surface area contributed by atoms with Crippen LogP contribution in [0.15, 0.2) is 24.8 Å². The molecule has 0 bridgehead atoms. The lowest BCUT2D eigenvalue weighted by molar-refractivity contribution is 0.407. The van der Waals surface area contributed by atoms with Crippen molar-refractivity contribution in [2.24, 2.45) is 5.73 Å². The fraction of sp³-hybridized carbons (Fsp3) is 0.200. The average Bonchev–Trinajstić information content (AvgIpc) is 2.16. The second-order valence-corrected chi connectivity index (χ2v) is 2.69. The van der Waals surface area contributed by atoms with Crippen molar-refractivity contribution in [1.82, 2.24) is 0 Å². The molecule has 13 heavy (non-hydrogen) atoms. The molecule has 0 aliphatic rings. The maximum Gasteiger partial charge on any atom is 0.126 e. The first-order valence-corrected chi connectivity index (χ1v) is 3.94. The highest BCUT2D eigenvalue weighted by Gasteiger charge is 2.04. The Morgan fingerprint density at radius 2 is 2.31 bits per heavy atom. The largest absolute Gasteiger partial charge is 0.507 e. The molecule has 0 fully saturated rings. The fourth-order valence-electron chi connectivity index (χ4n) is 1.05. The molecule has 0 unspecified atom stereocenters. The summed E-state index contributed by atoms with van der Waals surface area (Å²) in [6.07, 6.45) is 0. The first-order chi connectivity index (χ1) is 6.19. The molecule has 0 saturated heterocycles. The van der Waals surface area contributed by atoms with E-state index in [4.69, 9.17) is 10.5 Å². The van der Waals surface area contributed by atoms with Gasteiger partial charge in [-0.05, 0) is 17.7 Å². The molecule has 0 aliphatic heterocycles. The van der Waals surface area contributed by atoms with Crippen LogP contribution in [0.1, 0.15) is 5.56 Å². The molecule has 1 aromatic rings. The summed E-state index contributed by atoms with van der Waals surface area (Å²) in [7, 11) is 1.55. The van der Waals surface area contributed by atoms with Gasteiger partial charge in [-0.15, -0.1) is 0 Å². The van der Waals surface area contributed by atoms with Gasteiger partial charge in [-0.1, -0.05) is 6.58 Å². The number of rotatable bonds is 3. The highest BCUT2D eigenvalue weighted by molar-refractivity contribution is 5.70. The van der Waals surface area contributed by atoms with Crippen LogP contribution >= 0.6 is 0 Å². The van der Waals surface area contributed by atoms with E-state index in [1.165, 1.54) is 6.07 Å². The lowest BCUT2D eigenvalue weighted by atomic mass is 10.1.